The topological polar surface area (TPSA) is 77.9 Å². The SMILES string of the molecule is CC(Sc1ccccc1C(=O)N1CCC(C(=O)N(C)C(C)C)CC1)C(=O)O. The summed E-state index contributed by atoms with van der Waals surface area (Å²) in [4.78, 5) is 40.8. The summed E-state index contributed by atoms with van der Waals surface area (Å²) in [6.07, 6.45) is 1.31. The first kappa shape index (κ1) is 21.3. The van der Waals surface area contributed by atoms with Crippen LogP contribution in [-0.4, -0.2) is 64.1 Å². The zero-order valence-corrected chi connectivity index (χ0v) is 17.2. The van der Waals surface area contributed by atoms with Gasteiger partial charge in [0, 0.05) is 37.0 Å². The van der Waals surface area contributed by atoms with E-state index in [0.29, 0.717) is 36.4 Å². The zero-order chi connectivity index (χ0) is 20.1. The maximum absolute atomic E-state index is 13.0. The number of thioether (sulfide) groups is 1. The summed E-state index contributed by atoms with van der Waals surface area (Å²) in [6, 6.07) is 7.28. The third-order valence-corrected chi connectivity index (χ3v) is 6.19. The van der Waals surface area contributed by atoms with Gasteiger partial charge in [0.05, 0.1) is 5.56 Å². The van der Waals surface area contributed by atoms with Crippen LogP contribution in [0.15, 0.2) is 29.2 Å². The first-order valence-corrected chi connectivity index (χ1v) is 10.1. The molecule has 0 saturated carbocycles. The molecule has 1 unspecified atom stereocenters. The van der Waals surface area contributed by atoms with Crippen LogP contribution in [0.1, 0.15) is 44.0 Å². The molecule has 7 heteroatoms. The van der Waals surface area contributed by atoms with Crippen molar-refractivity contribution in [1.29, 1.82) is 0 Å². The Labute approximate surface area is 164 Å². The molecule has 1 aromatic rings. The van der Waals surface area contributed by atoms with Gasteiger partial charge in [0.2, 0.25) is 5.91 Å². The van der Waals surface area contributed by atoms with Gasteiger partial charge in [-0.3, -0.25) is 14.4 Å². The standard InChI is InChI=1S/C20H28N2O4S/c1-13(2)21(4)18(23)15-9-11-22(12-10-15)19(24)16-7-5-6-8-17(16)27-14(3)20(25)26/h5-8,13-15H,9-12H2,1-4H3,(H,25,26). The largest absolute Gasteiger partial charge is 0.480 e. The van der Waals surface area contributed by atoms with E-state index in [1.165, 1.54) is 11.8 Å². The molecule has 27 heavy (non-hydrogen) atoms. The minimum atomic E-state index is -0.907. The van der Waals surface area contributed by atoms with E-state index < -0.39 is 11.2 Å². The number of carboxylic acid groups (broad SMARTS) is 1. The number of hydrogen-bond donors (Lipinski definition) is 1. The van der Waals surface area contributed by atoms with Crippen LogP contribution >= 0.6 is 11.8 Å². The van der Waals surface area contributed by atoms with Crippen molar-refractivity contribution in [3.05, 3.63) is 29.8 Å². The van der Waals surface area contributed by atoms with Gasteiger partial charge in [0.15, 0.2) is 0 Å². The van der Waals surface area contributed by atoms with Crippen molar-refractivity contribution >= 4 is 29.5 Å². The molecule has 1 saturated heterocycles. The van der Waals surface area contributed by atoms with E-state index in [1.807, 2.05) is 20.9 Å². The molecule has 1 aliphatic heterocycles. The summed E-state index contributed by atoms with van der Waals surface area (Å²) in [5.74, 6) is -0.906. The normalized spacial score (nSPS) is 16.3. The molecule has 0 radical (unpaired) electrons. The van der Waals surface area contributed by atoms with E-state index in [0.717, 1.165) is 0 Å². The van der Waals surface area contributed by atoms with E-state index in [4.69, 9.17) is 5.11 Å². The van der Waals surface area contributed by atoms with Gasteiger partial charge in [-0.05, 0) is 45.7 Å². The van der Waals surface area contributed by atoms with Crippen LogP contribution in [0.25, 0.3) is 0 Å². The molecular weight excluding hydrogens is 364 g/mol. The molecule has 1 aromatic carbocycles. The van der Waals surface area contributed by atoms with Crippen LogP contribution in [0.3, 0.4) is 0 Å². The number of nitrogens with zero attached hydrogens (tertiary/aromatic N) is 2. The van der Waals surface area contributed by atoms with Crippen molar-refractivity contribution in [2.75, 3.05) is 20.1 Å². The molecule has 1 atom stereocenters. The highest BCUT2D eigenvalue weighted by molar-refractivity contribution is 8.00. The second-order valence-electron chi connectivity index (χ2n) is 7.20. The van der Waals surface area contributed by atoms with Crippen LogP contribution in [0, 0.1) is 5.92 Å². The van der Waals surface area contributed by atoms with Crippen molar-refractivity contribution in [3.8, 4) is 0 Å². The van der Waals surface area contributed by atoms with Crippen LogP contribution in [-0.2, 0) is 9.59 Å². The first-order valence-electron chi connectivity index (χ1n) is 9.26. The van der Waals surface area contributed by atoms with E-state index in [9.17, 15) is 14.4 Å². The van der Waals surface area contributed by atoms with Gasteiger partial charge >= 0.3 is 5.97 Å². The summed E-state index contributed by atoms with van der Waals surface area (Å²) in [7, 11) is 1.82. The Morgan fingerprint density at radius 2 is 1.74 bits per heavy atom. The third-order valence-electron chi connectivity index (χ3n) is 5.02. The van der Waals surface area contributed by atoms with E-state index in [1.54, 1.807) is 41.0 Å². The molecule has 1 heterocycles. The molecule has 6 nitrogen and oxygen atoms in total. The fourth-order valence-corrected chi connectivity index (χ4v) is 3.95. The Bertz CT molecular complexity index is 699. The lowest BCUT2D eigenvalue weighted by Crippen LogP contribution is -2.45. The maximum Gasteiger partial charge on any atom is 0.316 e. The number of carbonyl (C=O) groups excluding carboxylic acids is 2. The number of likely N-dealkylation sites (tertiary alicyclic amines) is 1. The lowest BCUT2D eigenvalue weighted by atomic mass is 9.94. The van der Waals surface area contributed by atoms with Gasteiger partial charge in [-0.25, -0.2) is 0 Å². The second-order valence-corrected chi connectivity index (χ2v) is 8.59. The number of carbonyl (C=O) groups is 3. The molecule has 148 valence electrons. The average Bonchev–Trinajstić information content (AvgIpc) is 2.66. The lowest BCUT2D eigenvalue weighted by molar-refractivity contribution is -0.137. The average molecular weight is 393 g/mol. The molecule has 1 aliphatic rings. The molecular formula is C20H28N2O4S. The number of carboxylic acids is 1. The minimum absolute atomic E-state index is 0.0434. The first-order chi connectivity index (χ1) is 12.7. The summed E-state index contributed by atoms with van der Waals surface area (Å²) in [5, 5.41) is 8.50. The minimum Gasteiger partial charge on any atom is -0.480 e. The molecule has 0 aliphatic carbocycles. The molecule has 1 fully saturated rings. The van der Waals surface area contributed by atoms with Gasteiger partial charge in [0.25, 0.3) is 5.91 Å². The van der Waals surface area contributed by atoms with Crippen molar-refractivity contribution in [1.82, 2.24) is 9.80 Å². The predicted octanol–water partition coefficient (Wildman–Crippen LogP) is 2.97. The number of hydrogen-bond acceptors (Lipinski definition) is 4. The van der Waals surface area contributed by atoms with Crippen LogP contribution < -0.4 is 0 Å². The molecule has 0 bridgehead atoms. The van der Waals surface area contributed by atoms with E-state index in [2.05, 4.69) is 0 Å². The van der Waals surface area contributed by atoms with Gasteiger partial charge < -0.3 is 14.9 Å². The quantitative estimate of drug-likeness (QED) is 0.753. The third kappa shape index (κ3) is 5.25. The number of benzene rings is 1. The zero-order valence-electron chi connectivity index (χ0n) is 16.3. The van der Waals surface area contributed by atoms with Crippen LogP contribution in [0.4, 0.5) is 0 Å². The highest BCUT2D eigenvalue weighted by Gasteiger charge is 2.31. The number of rotatable bonds is 6. The Kier molecular flexibility index (Phi) is 7.30. The van der Waals surface area contributed by atoms with Crippen molar-refractivity contribution in [2.45, 2.75) is 49.8 Å². The smallest absolute Gasteiger partial charge is 0.316 e. The van der Waals surface area contributed by atoms with Gasteiger partial charge in [-0.1, -0.05) is 12.1 Å². The van der Waals surface area contributed by atoms with Crippen LogP contribution in [0.2, 0.25) is 0 Å². The highest BCUT2D eigenvalue weighted by Crippen LogP contribution is 2.29. The number of aliphatic carboxylic acids is 1. The van der Waals surface area contributed by atoms with E-state index in [-0.39, 0.29) is 23.8 Å². The van der Waals surface area contributed by atoms with Crippen molar-refractivity contribution < 1.29 is 19.5 Å². The van der Waals surface area contributed by atoms with Gasteiger partial charge in [0.1, 0.15) is 5.25 Å². The molecule has 2 rings (SSSR count). The van der Waals surface area contributed by atoms with Crippen molar-refractivity contribution in [3.63, 3.8) is 0 Å². The van der Waals surface area contributed by atoms with E-state index >= 15 is 0 Å². The summed E-state index contributed by atoms with van der Waals surface area (Å²) in [6.45, 7) is 6.66. The summed E-state index contributed by atoms with van der Waals surface area (Å²) in [5.41, 5.74) is 0.527. The van der Waals surface area contributed by atoms with Crippen LogP contribution in [0.5, 0.6) is 0 Å². The maximum atomic E-state index is 13.0. The molecule has 1 N–H and O–H groups in total. The monoisotopic (exact) mass is 392 g/mol. The number of amides is 2. The summed E-state index contributed by atoms with van der Waals surface area (Å²) >= 11 is 1.18. The predicted molar refractivity (Wildman–Crippen MR) is 106 cm³/mol. The Hall–Kier alpha value is -2.02. The highest BCUT2D eigenvalue weighted by atomic mass is 32.2. The Morgan fingerprint density at radius 3 is 2.30 bits per heavy atom. The molecule has 0 spiro atoms. The Balaban J connectivity index is 2.04. The summed E-state index contributed by atoms with van der Waals surface area (Å²) < 4.78 is 0. The second kappa shape index (κ2) is 9.26. The van der Waals surface area contributed by atoms with Gasteiger partial charge in [-0.2, -0.15) is 0 Å². The fraction of sp³-hybridized carbons (Fsp3) is 0.550. The molecule has 0 aromatic heterocycles. The number of piperidine rings is 1. The van der Waals surface area contributed by atoms with Crippen molar-refractivity contribution in [2.24, 2.45) is 5.92 Å². The fourth-order valence-electron chi connectivity index (χ4n) is 3.03. The molecule has 2 amide bonds. The lowest BCUT2D eigenvalue weighted by Gasteiger charge is -2.34. The Morgan fingerprint density at radius 1 is 1.15 bits per heavy atom. The van der Waals surface area contributed by atoms with Gasteiger partial charge in [-0.15, -0.1) is 11.8 Å².